The first-order valence-corrected chi connectivity index (χ1v) is 11.4. The predicted octanol–water partition coefficient (Wildman–Crippen LogP) is 4.37. The van der Waals surface area contributed by atoms with Crippen LogP contribution < -0.4 is 10.2 Å². The van der Waals surface area contributed by atoms with E-state index in [1.807, 2.05) is 32.0 Å². The minimum absolute atomic E-state index is 0.00368. The number of anilines is 1. The predicted molar refractivity (Wildman–Crippen MR) is 119 cm³/mol. The number of amides is 2. The average molecular weight is 426 g/mol. The molecule has 7 heteroatoms. The summed E-state index contributed by atoms with van der Waals surface area (Å²) in [6, 6.07) is 8.02. The zero-order chi connectivity index (χ0) is 20.5. The molecule has 0 aliphatic carbocycles. The molecule has 0 unspecified atom stereocenters. The maximum Gasteiger partial charge on any atom is 0.261 e. The highest BCUT2D eigenvalue weighted by atomic mass is 32.1. The van der Waals surface area contributed by atoms with Crippen molar-refractivity contribution < 1.29 is 9.59 Å². The van der Waals surface area contributed by atoms with Gasteiger partial charge in [-0.05, 0) is 56.0 Å². The van der Waals surface area contributed by atoms with Crippen molar-refractivity contribution in [2.45, 2.75) is 33.6 Å². The van der Waals surface area contributed by atoms with Gasteiger partial charge in [0.2, 0.25) is 5.91 Å². The minimum atomic E-state index is -0.181. The first kappa shape index (κ1) is 19.8. The molecule has 0 atom stereocenters. The molecule has 2 amide bonds. The first-order valence-electron chi connectivity index (χ1n) is 9.69. The molecule has 0 bridgehead atoms. The second-order valence-corrected chi connectivity index (χ2v) is 9.34. The molecule has 1 aliphatic heterocycles. The number of nitrogens with one attached hydrogen (secondary N) is 1. The highest BCUT2D eigenvalue weighted by molar-refractivity contribution is 7.14. The highest BCUT2D eigenvalue weighted by Gasteiger charge is 2.25. The van der Waals surface area contributed by atoms with Gasteiger partial charge in [-0.25, -0.2) is 4.98 Å². The number of fused-ring (bicyclic) bond motifs is 1. The molecule has 0 saturated heterocycles. The molecule has 150 valence electrons. The average Bonchev–Trinajstić information content (AvgIpc) is 3.43. The van der Waals surface area contributed by atoms with Crippen molar-refractivity contribution in [1.29, 1.82) is 0 Å². The van der Waals surface area contributed by atoms with Gasteiger partial charge in [0, 0.05) is 28.1 Å². The number of aryl methyl sites for hydroxylation is 3. The van der Waals surface area contributed by atoms with Crippen LogP contribution in [-0.4, -0.2) is 29.9 Å². The van der Waals surface area contributed by atoms with E-state index < -0.39 is 0 Å². The second-order valence-electron chi connectivity index (χ2n) is 7.14. The number of thiophene rings is 1. The molecule has 3 aromatic rings. The topological polar surface area (TPSA) is 62.3 Å². The van der Waals surface area contributed by atoms with E-state index in [0.29, 0.717) is 11.4 Å². The molecular formula is C22H23N3O2S2. The number of aromatic nitrogens is 1. The monoisotopic (exact) mass is 425 g/mol. The first-order chi connectivity index (χ1) is 14.0. The summed E-state index contributed by atoms with van der Waals surface area (Å²) < 4.78 is 0. The maximum absolute atomic E-state index is 12.7. The Balaban J connectivity index is 1.42. The number of thiazole rings is 1. The molecule has 0 radical (unpaired) electrons. The number of hydrogen-bond donors (Lipinski definition) is 1. The number of rotatable bonds is 5. The summed E-state index contributed by atoms with van der Waals surface area (Å²) in [5, 5.41) is 5.88. The summed E-state index contributed by atoms with van der Waals surface area (Å²) in [5.41, 5.74) is 5.27. The number of benzene rings is 1. The summed E-state index contributed by atoms with van der Waals surface area (Å²) in [5.74, 6) is -0.266. The molecule has 0 saturated carbocycles. The van der Waals surface area contributed by atoms with Crippen LogP contribution in [0.2, 0.25) is 0 Å². The van der Waals surface area contributed by atoms with Gasteiger partial charge in [0.25, 0.3) is 5.91 Å². The van der Waals surface area contributed by atoms with Crippen molar-refractivity contribution in [1.82, 2.24) is 10.3 Å². The molecule has 1 N–H and O–H groups in total. The molecule has 3 heterocycles. The van der Waals surface area contributed by atoms with Crippen LogP contribution in [0.1, 0.15) is 37.6 Å². The van der Waals surface area contributed by atoms with Crippen LogP contribution in [0.4, 0.5) is 5.69 Å². The van der Waals surface area contributed by atoms with Crippen molar-refractivity contribution >= 4 is 40.2 Å². The van der Waals surface area contributed by atoms with Crippen LogP contribution in [0, 0.1) is 13.8 Å². The molecule has 0 spiro atoms. The lowest BCUT2D eigenvalue weighted by Crippen LogP contribution is -2.39. The van der Waals surface area contributed by atoms with Gasteiger partial charge in [0.1, 0.15) is 0 Å². The molecule has 1 aromatic carbocycles. The lowest BCUT2D eigenvalue weighted by Gasteiger charge is -2.17. The summed E-state index contributed by atoms with van der Waals surface area (Å²) in [7, 11) is 0. The van der Waals surface area contributed by atoms with Crippen LogP contribution in [-0.2, 0) is 17.6 Å². The fourth-order valence-corrected chi connectivity index (χ4v) is 5.29. The molecule has 1 aliphatic rings. The van der Waals surface area contributed by atoms with Crippen LogP contribution in [0.25, 0.3) is 11.3 Å². The van der Waals surface area contributed by atoms with E-state index in [1.165, 1.54) is 16.2 Å². The van der Waals surface area contributed by atoms with Gasteiger partial charge in [-0.1, -0.05) is 13.0 Å². The number of carbonyl (C=O) groups excluding carboxylic acids is 2. The normalized spacial score (nSPS) is 12.9. The summed E-state index contributed by atoms with van der Waals surface area (Å²) in [6.07, 6.45) is 1.73. The van der Waals surface area contributed by atoms with E-state index >= 15 is 0 Å². The lowest BCUT2D eigenvalue weighted by molar-refractivity contribution is -0.117. The Morgan fingerprint density at radius 1 is 1.24 bits per heavy atom. The van der Waals surface area contributed by atoms with Gasteiger partial charge in [0.05, 0.1) is 22.1 Å². The van der Waals surface area contributed by atoms with Gasteiger partial charge in [0.15, 0.2) is 0 Å². The van der Waals surface area contributed by atoms with Crippen molar-refractivity contribution in [3.63, 3.8) is 0 Å². The van der Waals surface area contributed by atoms with Crippen molar-refractivity contribution in [3.8, 4) is 11.3 Å². The third-order valence-electron chi connectivity index (χ3n) is 5.16. The van der Waals surface area contributed by atoms with Gasteiger partial charge in [-0.2, -0.15) is 0 Å². The summed E-state index contributed by atoms with van der Waals surface area (Å²) in [4.78, 5) is 33.3. The van der Waals surface area contributed by atoms with E-state index in [4.69, 9.17) is 0 Å². The van der Waals surface area contributed by atoms with Gasteiger partial charge in [-0.3, -0.25) is 9.59 Å². The Labute approximate surface area is 178 Å². The van der Waals surface area contributed by atoms with Crippen molar-refractivity contribution in [3.05, 3.63) is 55.5 Å². The summed E-state index contributed by atoms with van der Waals surface area (Å²) >= 11 is 3.13. The van der Waals surface area contributed by atoms with Crippen molar-refractivity contribution in [2.75, 3.05) is 18.0 Å². The molecule has 2 aromatic heterocycles. The Hall–Kier alpha value is -2.51. The molecular weight excluding hydrogens is 402 g/mol. The Bertz CT molecular complexity index is 1080. The van der Waals surface area contributed by atoms with Gasteiger partial charge < -0.3 is 10.2 Å². The van der Waals surface area contributed by atoms with Gasteiger partial charge in [-0.15, -0.1) is 22.7 Å². The van der Waals surface area contributed by atoms with Crippen LogP contribution >= 0.6 is 22.7 Å². The van der Waals surface area contributed by atoms with Gasteiger partial charge >= 0.3 is 0 Å². The van der Waals surface area contributed by atoms with Crippen LogP contribution in [0.15, 0.2) is 29.6 Å². The molecule has 4 rings (SSSR count). The third kappa shape index (κ3) is 3.97. The number of hydrogen-bond acceptors (Lipinski definition) is 5. The SMILES string of the molecule is CCc1sc(C(=O)NCC(=O)N2CCc3cc(-c4csc(C)n4)ccc32)cc1C. The molecule has 0 fully saturated rings. The van der Waals surface area contributed by atoms with E-state index in [0.717, 1.165) is 45.9 Å². The summed E-state index contributed by atoms with van der Waals surface area (Å²) in [6.45, 7) is 6.73. The second kappa shape index (κ2) is 8.08. The van der Waals surface area contributed by atoms with E-state index in [1.54, 1.807) is 16.2 Å². The number of nitrogens with zero attached hydrogens (tertiary/aromatic N) is 2. The zero-order valence-electron chi connectivity index (χ0n) is 16.7. The Morgan fingerprint density at radius 2 is 2.07 bits per heavy atom. The third-order valence-corrected chi connectivity index (χ3v) is 7.31. The minimum Gasteiger partial charge on any atom is -0.342 e. The Kier molecular flexibility index (Phi) is 5.52. The van der Waals surface area contributed by atoms with E-state index in [9.17, 15) is 9.59 Å². The largest absolute Gasteiger partial charge is 0.342 e. The molecule has 5 nitrogen and oxygen atoms in total. The van der Waals surface area contributed by atoms with Crippen LogP contribution in [0.5, 0.6) is 0 Å². The zero-order valence-corrected chi connectivity index (χ0v) is 18.4. The fraction of sp³-hybridized carbons (Fsp3) is 0.318. The van der Waals surface area contributed by atoms with Crippen molar-refractivity contribution in [2.24, 2.45) is 0 Å². The van der Waals surface area contributed by atoms with E-state index in [-0.39, 0.29) is 18.4 Å². The standard InChI is InChI=1S/C22H23N3O2S2/c1-4-19-13(2)9-20(29-19)22(27)23-11-21(26)25-8-7-16-10-15(5-6-18(16)25)17-12-28-14(3)24-17/h5-6,9-10,12H,4,7-8,11H2,1-3H3,(H,23,27). The van der Waals surface area contributed by atoms with E-state index in [2.05, 4.69) is 28.7 Å². The highest BCUT2D eigenvalue weighted by Crippen LogP contribution is 2.32. The molecule has 29 heavy (non-hydrogen) atoms. The quantitative estimate of drug-likeness (QED) is 0.660. The Morgan fingerprint density at radius 3 is 2.76 bits per heavy atom. The number of carbonyl (C=O) groups is 2. The smallest absolute Gasteiger partial charge is 0.261 e. The maximum atomic E-state index is 12.7. The lowest BCUT2D eigenvalue weighted by atomic mass is 10.1. The fourth-order valence-electron chi connectivity index (χ4n) is 3.64. The van der Waals surface area contributed by atoms with Crippen LogP contribution in [0.3, 0.4) is 0 Å².